The molecule has 0 aromatic carbocycles. The molecule has 0 aromatic heterocycles. The Morgan fingerprint density at radius 3 is 2.11 bits per heavy atom. The van der Waals surface area contributed by atoms with Crippen molar-refractivity contribution in [2.24, 2.45) is 5.73 Å². The summed E-state index contributed by atoms with van der Waals surface area (Å²) in [5, 5.41) is 9.14. The molecule has 0 spiro atoms. The largest absolute Gasteiger partial charge is 0.545 e. The standard InChI is InChI=1S/C3H4O2.C2H8N2/c1-2-3(4)5;3-1-2-4/h2H,1H2,(H,4,5);1-4H2. The van der Waals surface area contributed by atoms with Gasteiger partial charge in [0, 0.05) is 6.54 Å². The second-order valence-corrected chi connectivity index (χ2v) is 1.17. The number of carboxylic acid groups (broad SMARTS) is 1. The Bertz CT molecular complexity index is 81.0. The number of nitrogens with two attached hydrogens (primary N) is 1. The van der Waals surface area contributed by atoms with E-state index in [2.05, 4.69) is 12.3 Å². The zero-order valence-electron chi connectivity index (χ0n) is 5.30. The average molecular weight is 132 g/mol. The van der Waals surface area contributed by atoms with E-state index in [-0.39, 0.29) is 0 Å². The quantitative estimate of drug-likeness (QED) is 0.395. The van der Waals surface area contributed by atoms with Crippen molar-refractivity contribution >= 4 is 5.97 Å². The molecule has 0 fully saturated rings. The first-order chi connectivity index (χ1) is 4.18. The first-order valence-electron chi connectivity index (χ1n) is 2.51. The molecule has 0 amide bonds. The molecule has 5 N–H and O–H groups in total. The highest BCUT2D eigenvalue weighted by Gasteiger charge is 1.59. The Morgan fingerprint density at radius 2 is 2.11 bits per heavy atom. The van der Waals surface area contributed by atoms with Gasteiger partial charge in [0.1, 0.15) is 0 Å². The summed E-state index contributed by atoms with van der Waals surface area (Å²) in [7, 11) is 0. The maximum atomic E-state index is 9.14. The molecule has 0 aliphatic carbocycles. The zero-order chi connectivity index (χ0) is 7.70. The first-order valence-corrected chi connectivity index (χ1v) is 2.51. The van der Waals surface area contributed by atoms with Gasteiger partial charge < -0.3 is 21.4 Å². The molecule has 0 rings (SSSR count). The smallest absolute Gasteiger partial charge is 0.0864 e. The van der Waals surface area contributed by atoms with E-state index in [0.717, 1.165) is 12.6 Å². The molecule has 0 radical (unpaired) electrons. The Morgan fingerprint density at radius 1 is 1.89 bits per heavy atom. The molecule has 0 saturated carbocycles. The molecular weight excluding hydrogens is 120 g/mol. The third-order valence-electron chi connectivity index (χ3n) is 0.371. The summed E-state index contributed by atoms with van der Waals surface area (Å²) in [5.74, 6) is -1.23. The minimum Gasteiger partial charge on any atom is -0.545 e. The summed E-state index contributed by atoms with van der Waals surface area (Å²) in [5.41, 5.74) is 8.44. The van der Waals surface area contributed by atoms with Gasteiger partial charge in [0.2, 0.25) is 0 Å². The van der Waals surface area contributed by atoms with E-state index >= 15 is 0 Å². The van der Waals surface area contributed by atoms with Crippen LogP contribution in [-0.4, -0.2) is 19.1 Å². The number of carbonyl (C=O) groups is 1. The molecule has 9 heavy (non-hydrogen) atoms. The van der Waals surface area contributed by atoms with E-state index < -0.39 is 5.97 Å². The molecule has 0 bridgehead atoms. The van der Waals surface area contributed by atoms with Gasteiger partial charge in [0.05, 0.1) is 12.5 Å². The summed E-state index contributed by atoms with van der Waals surface area (Å²) >= 11 is 0. The van der Waals surface area contributed by atoms with Crippen molar-refractivity contribution < 1.29 is 15.6 Å². The van der Waals surface area contributed by atoms with Gasteiger partial charge in [0.25, 0.3) is 0 Å². The fraction of sp³-hybridized carbons (Fsp3) is 0.400. The van der Waals surface area contributed by atoms with Crippen molar-refractivity contribution in [3.05, 3.63) is 12.7 Å². The number of hydrogen-bond acceptors (Lipinski definition) is 3. The minimum absolute atomic E-state index is 0.708. The van der Waals surface area contributed by atoms with Crippen LogP contribution >= 0.6 is 0 Å². The van der Waals surface area contributed by atoms with Crippen LogP contribution in [0, 0.1) is 0 Å². The van der Waals surface area contributed by atoms with Gasteiger partial charge in [-0.05, 0) is 6.08 Å². The van der Waals surface area contributed by atoms with Gasteiger partial charge in [0.15, 0.2) is 0 Å². The SMILES string of the molecule is C=CC(=O)[O-].NCC[NH3+]. The predicted octanol–water partition coefficient (Wildman–Crippen LogP) is -2.89. The van der Waals surface area contributed by atoms with Gasteiger partial charge in [-0.1, -0.05) is 6.58 Å². The van der Waals surface area contributed by atoms with Crippen molar-refractivity contribution in [3.63, 3.8) is 0 Å². The lowest BCUT2D eigenvalue weighted by atomic mass is 10.7. The summed E-state index contributed by atoms with van der Waals surface area (Å²) in [6.07, 6.45) is 0.722. The number of carboxylic acids is 1. The molecule has 4 heteroatoms. The van der Waals surface area contributed by atoms with Crippen molar-refractivity contribution in [2.75, 3.05) is 13.1 Å². The summed E-state index contributed by atoms with van der Waals surface area (Å²) in [6, 6.07) is 0. The van der Waals surface area contributed by atoms with Crippen molar-refractivity contribution in [1.82, 2.24) is 0 Å². The van der Waals surface area contributed by atoms with Crippen molar-refractivity contribution in [3.8, 4) is 0 Å². The van der Waals surface area contributed by atoms with Crippen LogP contribution in [0.1, 0.15) is 0 Å². The summed E-state index contributed by atoms with van der Waals surface area (Å²) < 4.78 is 0. The van der Waals surface area contributed by atoms with Crippen molar-refractivity contribution in [1.29, 1.82) is 0 Å². The highest BCUT2D eigenvalue weighted by molar-refractivity contribution is 5.76. The third-order valence-corrected chi connectivity index (χ3v) is 0.371. The van der Waals surface area contributed by atoms with Gasteiger partial charge in [-0.15, -0.1) is 0 Å². The lowest BCUT2D eigenvalue weighted by molar-refractivity contribution is -0.363. The van der Waals surface area contributed by atoms with Crippen LogP contribution in [0.25, 0.3) is 0 Å². The molecule has 54 valence electrons. The number of carbonyl (C=O) groups excluding carboxylic acids is 1. The van der Waals surface area contributed by atoms with Crippen LogP contribution in [-0.2, 0) is 4.79 Å². The molecule has 0 aliphatic rings. The van der Waals surface area contributed by atoms with Gasteiger partial charge in [-0.3, -0.25) is 0 Å². The maximum absolute atomic E-state index is 9.14. The van der Waals surface area contributed by atoms with Crippen LogP contribution in [0.4, 0.5) is 0 Å². The third kappa shape index (κ3) is 41.4. The van der Waals surface area contributed by atoms with Crippen LogP contribution in [0.5, 0.6) is 0 Å². The van der Waals surface area contributed by atoms with Gasteiger partial charge in [-0.25, -0.2) is 0 Å². The van der Waals surface area contributed by atoms with E-state index in [9.17, 15) is 0 Å². The van der Waals surface area contributed by atoms with E-state index in [1.807, 2.05) is 0 Å². The van der Waals surface area contributed by atoms with Crippen LogP contribution in [0.15, 0.2) is 12.7 Å². The second-order valence-electron chi connectivity index (χ2n) is 1.17. The number of aliphatic carboxylic acids is 1. The van der Waals surface area contributed by atoms with E-state index in [1.165, 1.54) is 0 Å². The first kappa shape index (κ1) is 11.0. The number of quaternary nitrogens is 1. The highest BCUT2D eigenvalue weighted by Crippen LogP contribution is 1.47. The van der Waals surface area contributed by atoms with Gasteiger partial charge >= 0.3 is 0 Å². The molecule has 0 aliphatic heterocycles. The lowest BCUT2D eigenvalue weighted by Crippen LogP contribution is -2.53. The Labute approximate surface area is 54.2 Å². The normalized spacial score (nSPS) is 6.89. The topological polar surface area (TPSA) is 93.8 Å². The van der Waals surface area contributed by atoms with E-state index in [4.69, 9.17) is 15.6 Å². The van der Waals surface area contributed by atoms with E-state index in [1.54, 1.807) is 0 Å². The predicted molar refractivity (Wildman–Crippen MR) is 32.0 cm³/mol. The molecule has 0 unspecified atom stereocenters. The fourth-order valence-corrected chi connectivity index (χ4v) is 0. The Kier molecular flexibility index (Phi) is 12.4. The lowest BCUT2D eigenvalue weighted by Gasteiger charge is -1.81. The van der Waals surface area contributed by atoms with Crippen LogP contribution in [0.3, 0.4) is 0 Å². The fourth-order valence-electron chi connectivity index (χ4n) is 0. The van der Waals surface area contributed by atoms with Crippen LogP contribution in [0.2, 0.25) is 0 Å². The molecule has 0 heterocycles. The highest BCUT2D eigenvalue weighted by atomic mass is 16.4. The molecule has 4 nitrogen and oxygen atoms in total. The Balaban J connectivity index is 0. The van der Waals surface area contributed by atoms with E-state index in [0.29, 0.717) is 6.54 Å². The zero-order valence-corrected chi connectivity index (χ0v) is 5.30. The maximum Gasteiger partial charge on any atom is 0.0864 e. The second kappa shape index (κ2) is 10.2. The molecule has 0 saturated heterocycles. The molecule has 0 aromatic rings. The average Bonchev–Trinajstić information content (AvgIpc) is 1.89. The Hall–Kier alpha value is -0.870. The number of rotatable bonds is 2. The van der Waals surface area contributed by atoms with Crippen LogP contribution < -0.4 is 16.6 Å². The summed E-state index contributed by atoms with van der Waals surface area (Å²) in [4.78, 5) is 9.14. The minimum atomic E-state index is -1.23. The molecular formula is C5H12N2O2. The number of hydrogen-bond donors (Lipinski definition) is 2. The summed E-state index contributed by atoms with van der Waals surface area (Å²) in [6.45, 7) is 4.45. The van der Waals surface area contributed by atoms with Crippen molar-refractivity contribution in [2.45, 2.75) is 0 Å². The monoisotopic (exact) mass is 132 g/mol. The van der Waals surface area contributed by atoms with Gasteiger partial charge in [-0.2, -0.15) is 0 Å². The molecule has 0 atom stereocenters.